The lowest BCUT2D eigenvalue weighted by molar-refractivity contribution is 1.14. The molecule has 0 aliphatic rings. The topological polar surface area (TPSA) is 63.8 Å². The summed E-state index contributed by atoms with van der Waals surface area (Å²) >= 11 is 0. The number of nitrogens with zero attached hydrogens (tertiary/aromatic N) is 2. The summed E-state index contributed by atoms with van der Waals surface area (Å²) < 4.78 is 0. The van der Waals surface area contributed by atoms with Gasteiger partial charge in [0.05, 0.1) is 16.7 Å². The van der Waals surface area contributed by atoms with Gasteiger partial charge < -0.3 is 5.43 Å². The smallest absolute Gasteiger partial charge is 0.162 e. The van der Waals surface area contributed by atoms with E-state index in [-0.39, 0.29) is 0 Å². The molecule has 0 spiro atoms. The molecule has 0 atom stereocenters. The van der Waals surface area contributed by atoms with E-state index in [9.17, 15) is 0 Å². The molecule has 14 heavy (non-hydrogen) atoms. The van der Waals surface area contributed by atoms with Crippen molar-refractivity contribution < 1.29 is 0 Å². The standard InChI is InChI=1S/C10H12N4/c1-6-3-4-8-9(5-6)12-7(2)10(13-8)14-11/h3-5H,11H2,1-2H3,(H,13,14). The van der Waals surface area contributed by atoms with Crippen molar-refractivity contribution in [3.8, 4) is 0 Å². The van der Waals surface area contributed by atoms with Crippen LogP contribution in [-0.4, -0.2) is 9.97 Å². The number of nitrogens with one attached hydrogen (secondary N) is 1. The number of rotatable bonds is 1. The highest BCUT2D eigenvalue weighted by Gasteiger charge is 2.02. The first kappa shape index (κ1) is 8.90. The lowest BCUT2D eigenvalue weighted by Gasteiger charge is -2.05. The molecular formula is C10H12N4. The van der Waals surface area contributed by atoms with Crippen LogP contribution >= 0.6 is 0 Å². The van der Waals surface area contributed by atoms with E-state index in [1.54, 1.807) is 0 Å². The minimum absolute atomic E-state index is 0.626. The van der Waals surface area contributed by atoms with E-state index in [2.05, 4.69) is 15.4 Å². The van der Waals surface area contributed by atoms with E-state index < -0.39 is 0 Å². The van der Waals surface area contributed by atoms with Crippen molar-refractivity contribution in [2.75, 3.05) is 5.43 Å². The second-order valence-corrected chi connectivity index (χ2v) is 3.29. The molecule has 0 unspecified atom stereocenters. The van der Waals surface area contributed by atoms with Gasteiger partial charge in [-0.2, -0.15) is 0 Å². The average molecular weight is 188 g/mol. The van der Waals surface area contributed by atoms with E-state index in [4.69, 9.17) is 5.84 Å². The zero-order valence-corrected chi connectivity index (χ0v) is 8.20. The molecule has 0 aliphatic heterocycles. The second-order valence-electron chi connectivity index (χ2n) is 3.29. The number of hydrogen-bond donors (Lipinski definition) is 2. The molecule has 0 radical (unpaired) electrons. The Hall–Kier alpha value is -1.68. The molecule has 4 nitrogen and oxygen atoms in total. The zero-order valence-electron chi connectivity index (χ0n) is 8.20. The number of anilines is 1. The first-order valence-corrected chi connectivity index (χ1v) is 4.42. The van der Waals surface area contributed by atoms with Crippen LogP contribution in [0.3, 0.4) is 0 Å². The molecule has 0 amide bonds. The molecule has 0 saturated heterocycles. The van der Waals surface area contributed by atoms with Crippen molar-refractivity contribution in [3.05, 3.63) is 29.5 Å². The Bertz CT molecular complexity index is 479. The summed E-state index contributed by atoms with van der Waals surface area (Å²) in [4.78, 5) is 8.74. The van der Waals surface area contributed by atoms with Crippen LogP contribution in [0.4, 0.5) is 5.82 Å². The predicted molar refractivity (Wildman–Crippen MR) is 56.8 cm³/mol. The summed E-state index contributed by atoms with van der Waals surface area (Å²) in [5.74, 6) is 5.95. The predicted octanol–water partition coefficient (Wildman–Crippen LogP) is 1.53. The van der Waals surface area contributed by atoms with E-state index >= 15 is 0 Å². The molecule has 0 aliphatic carbocycles. The van der Waals surface area contributed by atoms with Gasteiger partial charge in [-0.15, -0.1) is 0 Å². The van der Waals surface area contributed by atoms with Gasteiger partial charge >= 0.3 is 0 Å². The molecular weight excluding hydrogens is 176 g/mol. The maximum Gasteiger partial charge on any atom is 0.162 e. The van der Waals surface area contributed by atoms with Crippen LogP contribution in [0, 0.1) is 13.8 Å². The third kappa shape index (κ3) is 1.40. The molecule has 1 aromatic carbocycles. The monoisotopic (exact) mass is 188 g/mol. The normalized spacial score (nSPS) is 10.5. The number of fused-ring (bicyclic) bond motifs is 1. The van der Waals surface area contributed by atoms with E-state index in [1.807, 2.05) is 32.0 Å². The molecule has 1 heterocycles. The summed E-state index contributed by atoms with van der Waals surface area (Å²) in [6, 6.07) is 5.96. The van der Waals surface area contributed by atoms with Crippen LogP contribution in [-0.2, 0) is 0 Å². The SMILES string of the molecule is Cc1ccc2nc(NN)c(C)nc2c1. The first-order chi connectivity index (χ1) is 6.70. The van der Waals surface area contributed by atoms with Crippen LogP contribution in [0.15, 0.2) is 18.2 Å². The Kier molecular flexibility index (Phi) is 2.05. The number of hydrazine groups is 1. The molecule has 2 aromatic rings. The van der Waals surface area contributed by atoms with E-state index in [0.717, 1.165) is 16.7 Å². The third-order valence-corrected chi connectivity index (χ3v) is 2.13. The fourth-order valence-electron chi connectivity index (χ4n) is 1.39. The van der Waals surface area contributed by atoms with Crippen LogP contribution in [0.1, 0.15) is 11.3 Å². The number of aryl methyl sites for hydroxylation is 2. The average Bonchev–Trinajstić information content (AvgIpc) is 2.16. The minimum atomic E-state index is 0.626. The Labute approximate surface area is 82.1 Å². The number of benzene rings is 1. The van der Waals surface area contributed by atoms with Crippen molar-refractivity contribution >= 4 is 16.9 Å². The molecule has 1 aromatic heterocycles. The molecule has 3 N–H and O–H groups in total. The van der Waals surface area contributed by atoms with Crippen LogP contribution < -0.4 is 11.3 Å². The van der Waals surface area contributed by atoms with Crippen molar-refractivity contribution in [2.45, 2.75) is 13.8 Å². The largest absolute Gasteiger partial charge is 0.307 e. The van der Waals surface area contributed by atoms with E-state index in [0.29, 0.717) is 5.82 Å². The van der Waals surface area contributed by atoms with Gasteiger partial charge in [0, 0.05) is 0 Å². The lowest BCUT2D eigenvalue weighted by Crippen LogP contribution is -2.11. The first-order valence-electron chi connectivity index (χ1n) is 4.42. The maximum absolute atomic E-state index is 5.32. The summed E-state index contributed by atoms with van der Waals surface area (Å²) in [5, 5.41) is 0. The zero-order chi connectivity index (χ0) is 10.1. The van der Waals surface area contributed by atoms with Gasteiger partial charge in [-0.05, 0) is 31.5 Å². The van der Waals surface area contributed by atoms with Crippen LogP contribution in [0.25, 0.3) is 11.0 Å². The molecule has 0 bridgehead atoms. The Morgan fingerprint density at radius 2 is 1.93 bits per heavy atom. The van der Waals surface area contributed by atoms with Crippen LogP contribution in [0.2, 0.25) is 0 Å². The van der Waals surface area contributed by atoms with E-state index in [1.165, 1.54) is 5.56 Å². The van der Waals surface area contributed by atoms with Gasteiger partial charge in [0.15, 0.2) is 5.82 Å². The van der Waals surface area contributed by atoms with Crippen molar-refractivity contribution in [3.63, 3.8) is 0 Å². The summed E-state index contributed by atoms with van der Waals surface area (Å²) in [5.41, 5.74) is 6.28. The second kappa shape index (κ2) is 3.23. The number of nitrogen functional groups attached to an aromatic ring is 1. The van der Waals surface area contributed by atoms with Gasteiger partial charge in [-0.1, -0.05) is 6.07 Å². The van der Waals surface area contributed by atoms with Gasteiger partial charge in [0.2, 0.25) is 0 Å². The Morgan fingerprint density at radius 3 is 2.64 bits per heavy atom. The Morgan fingerprint density at radius 1 is 1.14 bits per heavy atom. The van der Waals surface area contributed by atoms with Crippen molar-refractivity contribution in [2.24, 2.45) is 5.84 Å². The fraction of sp³-hybridized carbons (Fsp3) is 0.200. The summed E-state index contributed by atoms with van der Waals surface area (Å²) in [6.07, 6.45) is 0. The Balaban J connectivity index is 2.73. The van der Waals surface area contributed by atoms with Gasteiger partial charge in [0.25, 0.3) is 0 Å². The summed E-state index contributed by atoms with van der Waals surface area (Å²) in [6.45, 7) is 3.91. The third-order valence-electron chi connectivity index (χ3n) is 2.13. The van der Waals surface area contributed by atoms with Gasteiger partial charge in [-0.3, -0.25) is 0 Å². The summed E-state index contributed by atoms with van der Waals surface area (Å²) in [7, 11) is 0. The molecule has 4 heteroatoms. The van der Waals surface area contributed by atoms with Gasteiger partial charge in [-0.25, -0.2) is 15.8 Å². The molecule has 0 saturated carbocycles. The van der Waals surface area contributed by atoms with Crippen LogP contribution in [0.5, 0.6) is 0 Å². The van der Waals surface area contributed by atoms with Crippen molar-refractivity contribution in [1.82, 2.24) is 9.97 Å². The lowest BCUT2D eigenvalue weighted by atomic mass is 10.2. The highest BCUT2D eigenvalue weighted by Crippen LogP contribution is 2.16. The number of aromatic nitrogens is 2. The quantitative estimate of drug-likeness (QED) is 0.526. The van der Waals surface area contributed by atoms with Gasteiger partial charge in [0.1, 0.15) is 0 Å². The minimum Gasteiger partial charge on any atom is -0.307 e. The highest BCUT2D eigenvalue weighted by atomic mass is 15.3. The molecule has 2 rings (SSSR count). The fourth-order valence-corrected chi connectivity index (χ4v) is 1.39. The molecule has 72 valence electrons. The number of nitrogens with two attached hydrogens (primary N) is 1. The maximum atomic E-state index is 5.32. The highest BCUT2D eigenvalue weighted by molar-refractivity contribution is 5.77. The molecule has 0 fully saturated rings. The van der Waals surface area contributed by atoms with Crippen molar-refractivity contribution in [1.29, 1.82) is 0 Å². The number of hydrogen-bond acceptors (Lipinski definition) is 4.